The molecule has 0 aliphatic carbocycles. The zero-order chi connectivity index (χ0) is 14.2. The van der Waals surface area contributed by atoms with Gasteiger partial charge in [-0.2, -0.15) is 11.8 Å². The maximum Gasteiger partial charge on any atom is 0.165 e. The molecule has 21 heavy (non-hydrogen) atoms. The topological polar surface area (TPSA) is 30.7 Å². The Kier molecular flexibility index (Phi) is 3.47. The lowest BCUT2D eigenvalue weighted by atomic mass is 10.0. The van der Waals surface area contributed by atoms with Gasteiger partial charge in [-0.05, 0) is 55.5 Å². The lowest BCUT2D eigenvalue weighted by Gasteiger charge is -2.21. The molecule has 3 aromatic heterocycles. The Bertz CT molecular complexity index is 769. The van der Waals surface area contributed by atoms with E-state index in [-0.39, 0.29) is 0 Å². The Hall–Kier alpha value is -1.33. The molecule has 3 aromatic rings. The van der Waals surface area contributed by atoms with Crippen LogP contribution in [0.2, 0.25) is 0 Å². The van der Waals surface area contributed by atoms with Gasteiger partial charge in [0.05, 0.1) is 0 Å². The van der Waals surface area contributed by atoms with Crippen LogP contribution < -0.4 is 0 Å². The third-order valence-electron chi connectivity index (χ3n) is 3.97. The van der Waals surface area contributed by atoms with E-state index in [1.54, 1.807) is 0 Å². The number of rotatable bonds is 2. The average Bonchev–Trinajstić information content (AvgIpc) is 3.11. The quantitative estimate of drug-likeness (QED) is 0.702. The van der Waals surface area contributed by atoms with Gasteiger partial charge in [0, 0.05) is 17.0 Å². The van der Waals surface area contributed by atoms with E-state index in [0.29, 0.717) is 5.92 Å². The summed E-state index contributed by atoms with van der Waals surface area (Å²) in [6.07, 6.45) is 4.30. The molecule has 0 spiro atoms. The highest BCUT2D eigenvalue weighted by molar-refractivity contribution is 7.99. The number of thioether (sulfide) groups is 1. The number of aryl methyl sites for hydroxylation is 1. The SMILES string of the molecule is Cc1ccc(-n2c(C3CCSCC3)nc3cccnc32)s1. The fraction of sp³-hybridized carbons (Fsp3) is 0.375. The smallest absolute Gasteiger partial charge is 0.165 e. The van der Waals surface area contributed by atoms with Crippen molar-refractivity contribution in [2.75, 3.05) is 11.5 Å². The molecule has 4 rings (SSSR count). The standard InChI is InChI=1S/C16H17N3S2/c1-11-4-5-14(21-11)19-15(12-6-9-20-10-7-12)18-13-3-2-8-17-16(13)19/h2-5,8,12H,6-7,9-10H2,1H3. The summed E-state index contributed by atoms with van der Waals surface area (Å²) < 4.78 is 2.29. The molecule has 0 radical (unpaired) electrons. The van der Waals surface area contributed by atoms with E-state index in [1.807, 2.05) is 23.6 Å². The van der Waals surface area contributed by atoms with E-state index in [9.17, 15) is 0 Å². The third-order valence-corrected chi connectivity index (χ3v) is 6.01. The molecule has 5 heteroatoms. The first-order valence-electron chi connectivity index (χ1n) is 7.31. The molecule has 1 fully saturated rings. The first kappa shape index (κ1) is 13.3. The number of hydrogen-bond acceptors (Lipinski definition) is 4. The molecule has 1 aliphatic rings. The lowest BCUT2D eigenvalue weighted by molar-refractivity contribution is 0.593. The molecular weight excluding hydrogens is 298 g/mol. The van der Waals surface area contributed by atoms with Crippen LogP contribution >= 0.6 is 23.1 Å². The average molecular weight is 315 g/mol. The molecule has 0 saturated carbocycles. The number of nitrogens with zero attached hydrogens (tertiary/aromatic N) is 3. The molecule has 0 amide bonds. The van der Waals surface area contributed by atoms with Crippen LogP contribution in [-0.2, 0) is 0 Å². The van der Waals surface area contributed by atoms with Gasteiger partial charge >= 0.3 is 0 Å². The van der Waals surface area contributed by atoms with Gasteiger partial charge < -0.3 is 0 Å². The maximum absolute atomic E-state index is 4.92. The molecule has 1 saturated heterocycles. The Morgan fingerprint density at radius 3 is 2.81 bits per heavy atom. The van der Waals surface area contributed by atoms with E-state index in [4.69, 9.17) is 4.98 Å². The number of aromatic nitrogens is 3. The van der Waals surface area contributed by atoms with E-state index in [2.05, 4.69) is 46.4 Å². The highest BCUT2D eigenvalue weighted by Crippen LogP contribution is 2.35. The van der Waals surface area contributed by atoms with Crippen LogP contribution in [0.3, 0.4) is 0 Å². The van der Waals surface area contributed by atoms with E-state index in [1.165, 1.54) is 40.0 Å². The molecule has 4 heterocycles. The largest absolute Gasteiger partial charge is 0.271 e. The predicted octanol–water partition coefficient (Wildman–Crippen LogP) is 4.40. The van der Waals surface area contributed by atoms with E-state index < -0.39 is 0 Å². The second-order valence-electron chi connectivity index (χ2n) is 5.42. The van der Waals surface area contributed by atoms with Gasteiger partial charge in [0.2, 0.25) is 0 Å². The summed E-state index contributed by atoms with van der Waals surface area (Å²) >= 11 is 3.87. The van der Waals surface area contributed by atoms with Gasteiger partial charge in [-0.25, -0.2) is 9.97 Å². The predicted molar refractivity (Wildman–Crippen MR) is 90.8 cm³/mol. The van der Waals surface area contributed by atoms with Crippen molar-refractivity contribution in [3.05, 3.63) is 41.2 Å². The first-order chi connectivity index (χ1) is 10.3. The van der Waals surface area contributed by atoms with Crippen LogP contribution in [-0.4, -0.2) is 26.0 Å². The Morgan fingerprint density at radius 1 is 1.19 bits per heavy atom. The fourth-order valence-corrected chi connectivity index (χ4v) is 4.90. The molecule has 0 bridgehead atoms. The minimum Gasteiger partial charge on any atom is -0.271 e. The van der Waals surface area contributed by atoms with Crippen molar-refractivity contribution in [3.8, 4) is 5.00 Å². The maximum atomic E-state index is 4.92. The summed E-state index contributed by atoms with van der Waals surface area (Å²) in [6.45, 7) is 2.15. The summed E-state index contributed by atoms with van der Waals surface area (Å²) in [6, 6.07) is 8.41. The fourth-order valence-electron chi connectivity index (χ4n) is 2.92. The highest BCUT2D eigenvalue weighted by atomic mass is 32.2. The van der Waals surface area contributed by atoms with Crippen LogP contribution in [0.25, 0.3) is 16.2 Å². The molecular formula is C16H17N3S2. The van der Waals surface area contributed by atoms with Crippen molar-refractivity contribution in [2.24, 2.45) is 0 Å². The van der Waals surface area contributed by atoms with Crippen LogP contribution in [0.5, 0.6) is 0 Å². The third kappa shape index (κ3) is 2.38. The van der Waals surface area contributed by atoms with Gasteiger partial charge in [-0.3, -0.25) is 4.57 Å². The highest BCUT2D eigenvalue weighted by Gasteiger charge is 2.24. The number of hydrogen-bond donors (Lipinski definition) is 0. The van der Waals surface area contributed by atoms with E-state index in [0.717, 1.165) is 11.2 Å². The first-order valence-corrected chi connectivity index (χ1v) is 9.28. The summed E-state index contributed by atoms with van der Waals surface area (Å²) in [4.78, 5) is 10.8. The van der Waals surface area contributed by atoms with Crippen LogP contribution in [0.1, 0.15) is 29.5 Å². The van der Waals surface area contributed by atoms with Gasteiger partial charge in [-0.15, -0.1) is 11.3 Å². The van der Waals surface area contributed by atoms with Crippen molar-refractivity contribution < 1.29 is 0 Å². The Balaban J connectivity index is 1.92. The Labute approximate surface area is 132 Å². The number of fused-ring (bicyclic) bond motifs is 1. The van der Waals surface area contributed by atoms with Gasteiger partial charge in [0.15, 0.2) is 5.65 Å². The van der Waals surface area contributed by atoms with Crippen LogP contribution in [0, 0.1) is 6.92 Å². The number of imidazole rings is 1. The van der Waals surface area contributed by atoms with E-state index >= 15 is 0 Å². The number of thiophene rings is 1. The van der Waals surface area contributed by atoms with Crippen molar-refractivity contribution in [1.82, 2.24) is 14.5 Å². The van der Waals surface area contributed by atoms with Gasteiger partial charge in [-0.1, -0.05) is 0 Å². The molecule has 0 N–H and O–H groups in total. The van der Waals surface area contributed by atoms with Crippen molar-refractivity contribution >= 4 is 34.3 Å². The molecule has 0 atom stereocenters. The second-order valence-corrected chi connectivity index (χ2v) is 7.91. The zero-order valence-corrected chi connectivity index (χ0v) is 13.6. The molecule has 0 unspecified atom stereocenters. The number of pyridine rings is 1. The molecule has 1 aliphatic heterocycles. The summed E-state index contributed by atoms with van der Waals surface area (Å²) in [7, 11) is 0. The molecule has 3 nitrogen and oxygen atoms in total. The minimum atomic E-state index is 0.558. The van der Waals surface area contributed by atoms with Crippen LogP contribution in [0.4, 0.5) is 0 Å². The van der Waals surface area contributed by atoms with Crippen molar-refractivity contribution in [1.29, 1.82) is 0 Å². The lowest BCUT2D eigenvalue weighted by Crippen LogP contribution is -2.13. The normalized spacial score (nSPS) is 16.6. The summed E-state index contributed by atoms with van der Waals surface area (Å²) in [5, 5.41) is 1.24. The Morgan fingerprint density at radius 2 is 2.05 bits per heavy atom. The summed E-state index contributed by atoms with van der Waals surface area (Å²) in [5.41, 5.74) is 2.00. The van der Waals surface area contributed by atoms with Crippen molar-refractivity contribution in [3.63, 3.8) is 0 Å². The van der Waals surface area contributed by atoms with Crippen molar-refractivity contribution in [2.45, 2.75) is 25.7 Å². The van der Waals surface area contributed by atoms with Gasteiger partial charge in [0.25, 0.3) is 0 Å². The second kappa shape index (κ2) is 5.46. The van der Waals surface area contributed by atoms with Crippen LogP contribution in [0.15, 0.2) is 30.5 Å². The minimum absolute atomic E-state index is 0.558. The molecule has 0 aromatic carbocycles. The zero-order valence-electron chi connectivity index (χ0n) is 12.0. The van der Waals surface area contributed by atoms with Gasteiger partial charge in [0.1, 0.15) is 16.3 Å². The molecule has 108 valence electrons. The summed E-state index contributed by atoms with van der Waals surface area (Å²) in [5.74, 6) is 4.24. The monoisotopic (exact) mass is 315 g/mol.